The van der Waals surface area contributed by atoms with Crippen LogP contribution in [0.25, 0.3) is 11.3 Å². The molecule has 2 aromatic heterocycles. The molecule has 3 aromatic rings. The second-order valence-electron chi connectivity index (χ2n) is 9.44. The lowest BCUT2D eigenvalue weighted by Gasteiger charge is -2.35. The zero-order valence-corrected chi connectivity index (χ0v) is 20.1. The summed E-state index contributed by atoms with van der Waals surface area (Å²) in [6.07, 6.45) is 4.71. The Hall–Kier alpha value is -2.93. The van der Waals surface area contributed by atoms with E-state index in [1.165, 1.54) is 5.56 Å². The number of rotatable bonds is 10. The Morgan fingerprint density at radius 3 is 2.53 bits per heavy atom. The largest absolute Gasteiger partial charge is 0.460 e. The van der Waals surface area contributed by atoms with E-state index in [1.54, 1.807) is 0 Å². The molecule has 1 aromatic carbocycles. The normalized spacial score (nSPS) is 16.9. The molecule has 0 saturated carbocycles. The van der Waals surface area contributed by atoms with Crippen LogP contribution in [0.3, 0.4) is 0 Å². The first kappa shape index (κ1) is 24.2. The molecule has 34 heavy (non-hydrogen) atoms. The number of benzene rings is 1. The summed E-state index contributed by atoms with van der Waals surface area (Å²) in [6, 6.07) is 16.4. The van der Waals surface area contributed by atoms with Crippen molar-refractivity contribution in [3.8, 4) is 11.3 Å². The number of aromatic nitrogens is 1. The van der Waals surface area contributed by atoms with Gasteiger partial charge in [0.15, 0.2) is 0 Å². The maximum absolute atomic E-state index is 10.8. The fourth-order valence-electron chi connectivity index (χ4n) is 4.62. The summed E-state index contributed by atoms with van der Waals surface area (Å²) in [6.45, 7) is 11.2. The van der Waals surface area contributed by atoms with Crippen molar-refractivity contribution in [1.29, 1.82) is 0 Å². The van der Waals surface area contributed by atoms with Crippen molar-refractivity contribution in [3.05, 3.63) is 90.1 Å². The molecule has 2 atom stereocenters. The van der Waals surface area contributed by atoms with Crippen LogP contribution in [0.5, 0.6) is 0 Å². The van der Waals surface area contributed by atoms with Gasteiger partial charge in [0.2, 0.25) is 0 Å². The highest BCUT2D eigenvalue weighted by molar-refractivity contribution is 5.56. The van der Waals surface area contributed by atoms with Crippen LogP contribution in [-0.2, 0) is 13.0 Å². The van der Waals surface area contributed by atoms with Crippen LogP contribution in [0.15, 0.2) is 77.6 Å². The third-order valence-electron chi connectivity index (χ3n) is 6.54. The minimum Gasteiger partial charge on any atom is -0.460 e. The van der Waals surface area contributed by atoms with Gasteiger partial charge in [-0.3, -0.25) is 14.8 Å². The van der Waals surface area contributed by atoms with E-state index in [-0.39, 0.29) is 5.92 Å². The predicted molar refractivity (Wildman–Crippen MR) is 136 cm³/mol. The predicted octanol–water partition coefficient (Wildman–Crippen LogP) is 3.85. The molecule has 0 amide bonds. The van der Waals surface area contributed by atoms with Crippen LogP contribution < -0.4 is 5.73 Å². The summed E-state index contributed by atoms with van der Waals surface area (Å²) >= 11 is 0. The van der Waals surface area contributed by atoms with Gasteiger partial charge < -0.3 is 15.3 Å². The molecular weight excluding hydrogens is 424 g/mol. The molecule has 6 heteroatoms. The topological polar surface area (TPSA) is 78.8 Å². The summed E-state index contributed by atoms with van der Waals surface area (Å²) in [5.74, 6) is 1.91. The molecule has 0 radical (unpaired) electrons. The number of nitrogens with zero attached hydrogens (tertiary/aromatic N) is 3. The first-order valence-electron chi connectivity index (χ1n) is 12.1. The second-order valence-corrected chi connectivity index (χ2v) is 9.44. The summed E-state index contributed by atoms with van der Waals surface area (Å²) in [5.41, 5.74) is 10.1. The third kappa shape index (κ3) is 6.79. The van der Waals surface area contributed by atoms with Gasteiger partial charge in [0, 0.05) is 62.3 Å². The highest BCUT2D eigenvalue weighted by atomic mass is 16.3. The molecule has 1 aliphatic rings. The molecule has 3 N–H and O–H groups in total. The van der Waals surface area contributed by atoms with E-state index in [2.05, 4.69) is 45.6 Å². The fourth-order valence-corrected chi connectivity index (χ4v) is 4.62. The van der Waals surface area contributed by atoms with Crippen molar-refractivity contribution in [2.45, 2.75) is 32.4 Å². The number of hydrogen-bond donors (Lipinski definition) is 2. The lowest BCUT2D eigenvalue weighted by atomic mass is 9.91. The van der Waals surface area contributed by atoms with Gasteiger partial charge in [-0.1, -0.05) is 36.9 Å². The molecule has 2 unspecified atom stereocenters. The Morgan fingerprint density at radius 1 is 1.09 bits per heavy atom. The monoisotopic (exact) mass is 460 g/mol. The molecule has 1 fully saturated rings. The highest BCUT2D eigenvalue weighted by Gasteiger charge is 2.23. The maximum Gasteiger partial charge on any atom is 0.135 e. The number of aliphatic hydroxyl groups is 1. The van der Waals surface area contributed by atoms with Crippen molar-refractivity contribution in [2.24, 2.45) is 11.7 Å². The van der Waals surface area contributed by atoms with Crippen LogP contribution in [0.1, 0.15) is 23.3 Å². The standard InChI is InChI=1S/C28H36N4O2/c1-21-14-25(18-30-17-21)28-9-8-27(34-28)20-32-12-10-31(11-13-32)19-26(33)16-24(22(2)29)15-23-6-4-3-5-7-23/h3-9,14,17-18,24,26,33H,2,10-13,15-16,19-20,29H2,1H3. The molecule has 1 saturated heterocycles. The van der Waals surface area contributed by atoms with Crippen molar-refractivity contribution in [2.75, 3.05) is 32.7 Å². The van der Waals surface area contributed by atoms with Crippen LogP contribution in [0.4, 0.5) is 0 Å². The Morgan fingerprint density at radius 2 is 1.82 bits per heavy atom. The minimum atomic E-state index is -0.420. The van der Waals surface area contributed by atoms with Crippen LogP contribution in [0, 0.1) is 12.8 Å². The summed E-state index contributed by atoms with van der Waals surface area (Å²) in [7, 11) is 0. The van der Waals surface area contributed by atoms with Gasteiger partial charge in [0.1, 0.15) is 11.5 Å². The first-order valence-corrected chi connectivity index (χ1v) is 12.1. The molecule has 6 nitrogen and oxygen atoms in total. The van der Waals surface area contributed by atoms with E-state index in [0.29, 0.717) is 18.7 Å². The number of β-amino-alcohol motifs (C(OH)–C–C–N with tert-alkyl or cyclic N) is 1. The molecule has 0 spiro atoms. The van der Waals surface area contributed by atoms with Gasteiger partial charge in [-0.25, -0.2) is 0 Å². The smallest absolute Gasteiger partial charge is 0.135 e. The van der Waals surface area contributed by atoms with E-state index in [0.717, 1.165) is 61.8 Å². The zero-order valence-electron chi connectivity index (χ0n) is 20.1. The van der Waals surface area contributed by atoms with Gasteiger partial charge in [-0.15, -0.1) is 0 Å². The first-order chi connectivity index (χ1) is 16.5. The number of furan rings is 1. The molecule has 0 bridgehead atoms. The molecule has 3 heterocycles. The number of nitrogens with two attached hydrogens (primary N) is 1. The van der Waals surface area contributed by atoms with Crippen molar-refractivity contribution >= 4 is 0 Å². The lowest BCUT2D eigenvalue weighted by molar-refractivity contribution is 0.0586. The van der Waals surface area contributed by atoms with E-state index in [9.17, 15) is 5.11 Å². The van der Waals surface area contributed by atoms with Gasteiger partial charge in [0.05, 0.1) is 12.6 Å². The Balaban J connectivity index is 1.22. The minimum absolute atomic E-state index is 0.0791. The van der Waals surface area contributed by atoms with Gasteiger partial charge in [-0.05, 0) is 49.1 Å². The molecule has 0 aliphatic carbocycles. The number of hydrogen-bond acceptors (Lipinski definition) is 6. The second kappa shape index (κ2) is 11.5. The Kier molecular flexibility index (Phi) is 8.16. The van der Waals surface area contributed by atoms with Crippen LogP contribution in [0.2, 0.25) is 0 Å². The van der Waals surface area contributed by atoms with Gasteiger partial charge in [0.25, 0.3) is 0 Å². The van der Waals surface area contributed by atoms with E-state index in [1.807, 2.05) is 43.6 Å². The third-order valence-corrected chi connectivity index (χ3v) is 6.54. The number of pyridine rings is 1. The molecule has 180 valence electrons. The SMILES string of the molecule is C=C(N)C(Cc1ccccc1)CC(O)CN1CCN(Cc2ccc(-c3cncc(C)c3)o2)CC1. The number of aryl methyl sites for hydroxylation is 1. The van der Waals surface area contributed by atoms with Crippen molar-refractivity contribution < 1.29 is 9.52 Å². The zero-order chi connectivity index (χ0) is 23.9. The average Bonchev–Trinajstić information content (AvgIpc) is 3.29. The quantitative estimate of drug-likeness (QED) is 0.479. The maximum atomic E-state index is 10.8. The molecule has 4 rings (SSSR count). The summed E-state index contributed by atoms with van der Waals surface area (Å²) in [5, 5.41) is 10.8. The van der Waals surface area contributed by atoms with Gasteiger partial charge in [-0.2, -0.15) is 0 Å². The van der Waals surface area contributed by atoms with E-state index < -0.39 is 6.10 Å². The van der Waals surface area contributed by atoms with Crippen molar-refractivity contribution in [3.63, 3.8) is 0 Å². The number of piperazine rings is 1. The molecule has 1 aliphatic heterocycles. The van der Waals surface area contributed by atoms with Crippen molar-refractivity contribution in [1.82, 2.24) is 14.8 Å². The average molecular weight is 461 g/mol. The molecular formula is C28H36N4O2. The Bertz CT molecular complexity index is 1060. The van der Waals surface area contributed by atoms with Gasteiger partial charge >= 0.3 is 0 Å². The fraction of sp³-hybridized carbons (Fsp3) is 0.393. The summed E-state index contributed by atoms with van der Waals surface area (Å²) in [4.78, 5) is 9.00. The number of aliphatic hydroxyl groups excluding tert-OH is 1. The highest BCUT2D eigenvalue weighted by Crippen LogP contribution is 2.24. The van der Waals surface area contributed by atoms with Crippen LogP contribution in [-0.4, -0.2) is 58.7 Å². The summed E-state index contributed by atoms with van der Waals surface area (Å²) < 4.78 is 6.08. The van der Waals surface area contributed by atoms with E-state index >= 15 is 0 Å². The Labute approximate surface area is 202 Å². The van der Waals surface area contributed by atoms with Crippen LogP contribution >= 0.6 is 0 Å². The lowest BCUT2D eigenvalue weighted by Crippen LogP contribution is -2.48. The number of allylic oxidation sites excluding steroid dienone is 1. The van der Waals surface area contributed by atoms with E-state index in [4.69, 9.17) is 10.2 Å².